The van der Waals surface area contributed by atoms with Crippen molar-refractivity contribution in [2.75, 3.05) is 12.3 Å². The fourth-order valence-electron chi connectivity index (χ4n) is 2.17. The molecule has 0 fully saturated rings. The van der Waals surface area contributed by atoms with Crippen molar-refractivity contribution in [1.82, 2.24) is 10.6 Å². The van der Waals surface area contributed by atoms with Crippen LogP contribution in [-0.2, 0) is 11.2 Å². The minimum absolute atomic E-state index is 0. The minimum Gasteiger partial charge on any atom is -0.399 e. The molecule has 6 nitrogen and oxygen atoms in total. The Morgan fingerprint density at radius 3 is 2.46 bits per heavy atom. The van der Waals surface area contributed by atoms with Crippen molar-refractivity contribution in [1.29, 1.82) is 0 Å². The normalized spacial score (nSPS) is 11.2. The number of nitrogens with two attached hydrogens (primary N) is 2. The molecule has 130 valence electrons. The predicted octanol–water partition coefficient (Wildman–Crippen LogP) is 2.21. The standard InChI is InChI=1S/C16H20N4O2S.ClH/c17-12-5-3-11(4-6-12)7-8-19-15(21)10-13(20-16(18)22)14-2-1-9-23-14;/h1-6,9,13H,7-8,10,17H2,(H,19,21)(H3,18,20,22);1H. The molecule has 2 rings (SSSR count). The molecule has 0 bridgehead atoms. The summed E-state index contributed by atoms with van der Waals surface area (Å²) in [4.78, 5) is 24.0. The van der Waals surface area contributed by atoms with Gasteiger partial charge in [-0.1, -0.05) is 18.2 Å². The topological polar surface area (TPSA) is 110 Å². The smallest absolute Gasteiger partial charge is 0.312 e. The molecule has 0 radical (unpaired) electrons. The van der Waals surface area contributed by atoms with Gasteiger partial charge < -0.3 is 22.1 Å². The van der Waals surface area contributed by atoms with Crippen LogP contribution in [0, 0.1) is 0 Å². The first-order chi connectivity index (χ1) is 11.0. The fraction of sp³-hybridized carbons (Fsp3) is 0.250. The third kappa shape index (κ3) is 6.47. The van der Waals surface area contributed by atoms with E-state index < -0.39 is 12.1 Å². The molecular formula is C16H21ClN4O2S. The number of nitrogen functional groups attached to an aromatic ring is 1. The van der Waals surface area contributed by atoms with Gasteiger partial charge in [0.1, 0.15) is 0 Å². The van der Waals surface area contributed by atoms with Gasteiger partial charge in [0.2, 0.25) is 5.91 Å². The highest BCUT2D eigenvalue weighted by molar-refractivity contribution is 7.10. The first-order valence-electron chi connectivity index (χ1n) is 7.25. The van der Waals surface area contributed by atoms with Crippen molar-refractivity contribution in [2.24, 2.45) is 5.73 Å². The lowest BCUT2D eigenvalue weighted by molar-refractivity contribution is -0.121. The Morgan fingerprint density at radius 1 is 1.17 bits per heavy atom. The molecule has 6 N–H and O–H groups in total. The van der Waals surface area contributed by atoms with E-state index in [1.165, 1.54) is 11.3 Å². The summed E-state index contributed by atoms with van der Waals surface area (Å²) in [5, 5.41) is 7.35. The molecule has 24 heavy (non-hydrogen) atoms. The van der Waals surface area contributed by atoms with E-state index in [0.29, 0.717) is 12.2 Å². The molecule has 1 heterocycles. The number of amides is 3. The van der Waals surface area contributed by atoms with Crippen LogP contribution in [0.4, 0.5) is 10.5 Å². The van der Waals surface area contributed by atoms with E-state index in [2.05, 4.69) is 10.6 Å². The largest absolute Gasteiger partial charge is 0.399 e. The van der Waals surface area contributed by atoms with Crippen LogP contribution in [0.3, 0.4) is 0 Å². The Morgan fingerprint density at radius 2 is 1.88 bits per heavy atom. The maximum Gasteiger partial charge on any atom is 0.312 e. The molecule has 1 unspecified atom stereocenters. The van der Waals surface area contributed by atoms with Gasteiger partial charge in [-0.25, -0.2) is 4.79 Å². The molecule has 0 aliphatic carbocycles. The third-order valence-corrected chi connectivity index (χ3v) is 4.29. The molecule has 0 saturated carbocycles. The van der Waals surface area contributed by atoms with E-state index in [4.69, 9.17) is 11.5 Å². The summed E-state index contributed by atoms with van der Waals surface area (Å²) in [7, 11) is 0. The number of hydrogen-bond acceptors (Lipinski definition) is 4. The molecule has 1 atom stereocenters. The lowest BCUT2D eigenvalue weighted by Crippen LogP contribution is -2.36. The van der Waals surface area contributed by atoms with Crippen LogP contribution in [0.1, 0.15) is 22.9 Å². The number of benzene rings is 1. The van der Waals surface area contributed by atoms with Gasteiger partial charge in [0.05, 0.1) is 12.5 Å². The Labute approximate surface area is 151 Å². The fourth-order valence-corrected chi connectivity index (χ4v) is 2.95. The predicted molar refractivity (Wildman–Crippen MR) is 99.2 cm³/mol. The van der Waals surface area contributed by atoms with Crippen molar-refractivity contribution in [2.45, 2.75) is 18.9 Å². The lowest BCUT2D eigenvalue weighted by atomic mass is 10.1. The zero-order valence-corrected chi connectivity index (χ0v) is 14.7. The van der Waals surface area contributed by atoms with Crippen LogP contribution in [-0.4, -0.2) is 18.5 Å². The van der Waals surface area contributed by atoms with Crippen molar-refractivity contribution >= 4 is 41.4 Å². The van der Waals surface area contributed by atoms with E-state index in [0.717, 1.165) is 16.9 Å². The molecule has 1 aromatic carbocycles. The Bertz CT molecular complexity index is 647. The molecule has 0 spiro atoms. The molecular weight excluding hydrogens is 348 g/mol. The molecule has 0 aliphatic rings. The van der Waals surface area contributed by atoms with E-state index in [9.17, 15) is 9.59 Å². The van der Waals surface area contributed by atoms with E-state index >= 15 is 0 Å². The molecule has 1 aromatic heterocycles. The monoisotopic (exact) mass is 368 g/mol. The van der Waals surface area contributed by atoms with Gasteiger partial charge in [-0.3, -0.25) is 4.79 Å². The Balaban J connectivity index is 0.00000288. The number of anilines is 1. The van der Waals surface area contributed by atoms with E-state index in [-0.39, 0.29) is 24.7 Å². The number of primary amides is 1. The third-order valence-electron chi connectivity index (χ3n) is 3.31. The summed E-state index contributed by atoms with van der Waals surface area (Å²) < 4.78 is 0. The summed E-state index contributed by atoms with van der Waals surface area (Å²) in [6, 6.07) is 10.2. The number of rotatable bonds is 7. The lowest BCUT2D eigenvalue weighted by Gasteiger charge is -2.15. The summed E-state index contributed by atoms with van der Waals surface area (Å²) in [6.07, 6.45) is 0.879. The number of carbonyl (C=O) groups excluding carboxylic acids is 2. The highest BCUT2D eigenvalue weighted by atomic mass is 35.5. The zero-order chi connectivity index (χ0) is 16.7. The van der Waals surface area contributed by atoms with Gasteiger partial charge in [0.25, 0.3) is 0 Å². The number of urea groups is 1. The number of thiophene rings is 1. The van der Waals surface area contributed by atoms with Gasteiger partial charge in [0.15, 0.2) is 0 Å². The first kappa shape index (κ1) is 19.8. The molecule has 8 heteroatoms. The highest BCUT2D eigenvalue weighted by Crippen LogP contribution is 2.21. The number of halogens is 1. The van der Waals surface area contributed by atoms with Crippen LogP contribution < -0.4 is 22.1 Å². The second kappa shape index (κ2) is 9.79. The summed E-state index contributed by atoms with van der Waals surface area (Å²) in [5.74, 6) is -0.132. The van der Waals surface area contributed by atoms with Crippen LogP contribution >= 0.6 is 23.7 Å². The van der Waals surface area contributed by atoms with Gasteiger partial charge in [-0.15, -0.1) is 23.7 Å². The molecule has 0 aliphatic heterocycles. The summed E-state index contributed by atoms with van der Waals surface area (Å²) in [5.41, 5.74) is 12.6. The van der Waals surface area contributed by atoms with Crippen molar-refractivity contribution in [3.8, 4) is 0 Å². The maximum atomic E-state index is 12.1. The van der Waals surface area contributed by atoms with Crippen LogP contribution in [0.15, 0.2) is 41.8 Å². The van der Waals surface area contributed by atoms with Gasteiger partial charge in [-0.05, 0) is 35.6 Å². The van der Waals surface area contributed by atoms with E-state index in [1.54, 1.807) is 0 Å². The molecule has 0 saturated heterocycles. The summed E-state index contributed by atoms with van der Waals surface area (Å²) >= 11 is 1.47. The second-order valence-electron chi connectivity index (χ2n) is 5.12. The number of nitrogens with one attached hydrogen (secondary N) is 2. The average Bonchev–Trinajstić information content (AvgIpc) is 3.02. The average molecular weight is 369 g/mol. The van der Waals surface area contributed by atoms with Crippen molar-refractivity contribution < 1.29 is 9.59 Å². The van der Waals surface area contributed by atoms with Crippen LogP contribution in [0.5, 0.6) is 0 Å². The number of carbonyl (C=O) groups is 2. The zero-order valence-electron chi connectivity index (χ0n) is 13.0. The van der Waals surface area contributed by atoms with E-state index in [1.807, 2.05) is 41.8 Å². The minimum atomic E-state index is -0.641. The Hall–Kier alpha value is -2.25. The molecule has 2 aromatic rings. The van der Waals surface area contributed by atoms with Crippen LogP contribution in [0.25, 0.3) is 0 Å². The Kier molecular flexibility index (Phi) is 8.08. The maximum absolute atomic E-state index is 12.1. The highest BCUT2D eigenvalue weighted by Gasteiger charge is 2.18. The second-order valence-corrected chi connectivity index (χ2v) is 6.10. The number of hydrogen-bond donors (Lipinski definition) is 4. The quantitative estimate of drug-likeness (QED) is 0.562. The molecule has 3 amide bonds. The van der Waals surface area contributed by atoms with Crippen molar-refractivity contribution in [3.63, 3.8) is 0 Å². The van der Waals surface area contributed by atoms with Gasteiger partial charge in [-0.2, -0.15) is 0 Å². The van der Waals surface area contributed by atoms with Gasteiger partial charge >= 0.3 is 6.03 Å². The van der Waals surface area contributed by atoms with Gasteiger partial charge in [0, 0.05) is 17.1 Å². The summed E-state index contributed by atoms with van der Waals surface area (Å²) in [6.45, 7) is 0.524. The first-order valence-corrected chi connectivity index (χ1v) is 8.13. The van der Waals surface area contributed by atoms with Crippen LogP contribution in [0.2, 0.25) is 0 Å². The van der Waals surface area contributed by atoms with Crippen molar-refractivity contribution in [3.05, 3.63) is 52.2 Å². The SMILES string of the molecule is Cl.NC(=O)NC(CC(=O)NCCc1ccc(N)cc1)c1cccs1.